The van der Waals surface area contributed by atoms with Crippen LogP contribution in [-0.4, -0.2) is 76.6 Å². The number of phenolic OH excluding ortho intramolecular Hbond substituents is 1. The van der Waals surface area contributed by atoms with E-state index in [1.54, 1.807) is 26.0 Å². The largest absolute Gasteiger partial charge is 0.508 e. The molecule has 1 aromatic rings. The van der Waals surface area contributed by atoms with E-state index in [1.165, 1.54) is 12.1 Å². The fourth-order valence-corrected chi connectivity index (χ4v) is 4.74. The maximum atomic E-state index is 13.5. The third kappa shape index (κ3) is 14.7. The number of nitrogens with one attached hydrogen (secondary N) is 4. The number of amides is 4. The number of carbonyl (C=O) groups is 5. The lowest BCUT2D eigenvalue weighted by Gasteiger charge is -2.29. The Morgan fingerprint density at radius 2 is 1.20 bits per heavy atom. The van der Waals surface area contributed by atoms with Crippen molar-refractivity contribution in [3.8, 4) is 5.75 Å². The smallest absolute Gasteiger partial charge is 0.326 e. The average Bonchev–Trinajstić information content (AvgIpc) is 2.94. The third-order valence-electron chi connectivity index (χ3n) is 7.22. The maximum Gasteiger partial charge on any atom is 0.326 e. The van der Waals surface area contributed by atoms with Crippen molar-refractivity contribution in [2.24, 2.45) is 29.2 Å². The summed E-state index contributed by atoms with van der Waals surface area (Å²) in [6.45, 7) is 11.4. The molecule has 1 aromatic carbocycles. The molecule has 0 fully saturated rings. The number of carbonyl (C=O) groups excluding carboxylic acids is 4. The van der Waals surface area contributed by atoms with Crippen molar-refractivity contribution in [1.82, 2.24) is 21.3 Å². The normalized spacial score (nSPS) is 14.7. The highest BCUT2D eigenvalue weighted by atomic mass is 16.4. The second kappa shape index (κ2) is 19.6. The Hall–Kier alpha value is -3.71. The van der Waals surface area contributed by atoms with Crippen LogP contribution >= 0.6 is 0 Å². The number of unbranched alkanes of at least 4 members (excludes halogenated alkanes) is 1. The van der Waals surface area contributed by atoms with Gasteiger partial charge in [0.15, 0.2) is 0 Å². The number of rotatable bonds is 20. The predicted molar refractivity (Wildman–Crippen MR) is 172 cm³/mol. The Labute approximate surface area is 266 Å². The third-order valence-corrected chi connectivity index (χ3v) is 7.22. The zero-order valence-electron chi connectivity index (χ0n) is 27.5. The molecule has 0 aliphatic carbocycles. The number of carboxylic acid groups (broad SMARTS) is 1. The van der Waals surface area contributed by atoms with E-state index in [0.717, 1.165) is 5.56 Å². The number of carboxylic acids is 1. The highest BCUT2D eigenvalue weighted by Crippen LogP contribution is 2.13. The summed E-state index contributed by atoms with van der Waals surface area (Å²) in [5.74, 6) is -3.80. The van der Waals surface area contributed by atoms with E-state index < -0.39 is 59.8 Å². The van der Waals surface area contributed by atoms with E-state index in [0.29, 0.717) is 19.4 Å². The summed E-state index contributed by atoms with van der Waals surface area (Å²) in [6, 6.07) is 1.17. The number of hydrogen-bond donors (Lipinski definition) is 8. The van der Waals surface area contributed by atoms with Crippen molar-refractivity contribution in [3.05, 3.63) is 29.8 Å². The van der Waals surface area contributed by atoms with Crippen LogP contribution in [0.3, 0.4) is 0 Å². The second-order valence-electron chi connectivity index (χ2n) is 12.8. The maximum absolute atomic E-state index is 13.5. The van der Waals surface area contributed by atoms with Gasteiger partial charge in [-0.2, -0.15) is 0 Å². The fraction of sp³-hybridized carbons (Fsp3) is 0.656. The molecule has 1 rings (SSSR count). The lowest BCUT2D eigenvalue weighted by atomic mass is 9.98. The molecule has 45 heavy (non-hydrogen) atoms. The number of phenols is 1. The van der Waals surface area contributed by atoms with Crippen LogP contribution in [0.2, 0.25) is 0 Å². The van der Waals surface area contributed by atoms with Crippen molar-refractivity contribution in [2.45, 2.75) is 110 Å². The average molecular weight is 635 g/mol. The summed E-state index contributed by atoms with van der Waals surface area (Å²) < 4.78 is 0. The van der Waals surface area contributed by atoms with E-state index in [2.05, 4.69) is 21.3 Å². The summed E-state index contributed by atoms with van der Waals surface area (Å²) in [5, 5.41) is 29.8. The van der Waals surface area contributed by atoms with Crippen LogP contribution in [0.15, 0.2) is 24.3 Å². The molecular formula is C32H54N6O7. The Morgan fingerprint density at radius 3 is 1.67 bits per heavy atom. The monoisotopic (exact) mass is 634 g/mol. The Bertz CT molecular complexity index is 1110. The van der Waals surface area contributed by atoms with Gasteiger partial charge in [0, 0.05) is 0 Å². The summed E-state index contributed by atoms with van der Waals surface area (Å²) in [6.07, 6.45) is 2.06. The van der Waals surface area contributed by atoms with Gasteiger partial charge in [0.1, 0.15) is 29.9 Å². The van der Waals surface area contributed by atoms with Gasteiger partial charge in [0.25, 0.3) is 0 Å². The first kappa shape index (κ1) is 39.3. The molecule has 13 heteroatoms. The lowest BCUT2D eigenvalue weighted by Crippen LogP contribution is -2.59. The van der Waals surface area contributed by atoms with Gasteiger partial charge in [-0.15, -0.1) is 0 Å². The second-order valence-corrected chi connectivity index (χ2v) is 12.8. The van der Waals surface area contributed by atoms with Gasteiger partial charge in [0.2, 0.25) is 23.6 Å². The molecule has 0 saturated heterocycles. The summed E-state index contributed by atoms with van der Waals surface area (Å²) in [7, 11) is 0. The molecular weight excluding hydrogens is 580 g/mol. The summed E-state index contributed by atoms with van der Waals surface area (Å²) in [4.78, 5) is 64.8. The number of hydrogen-bond acceptors (Lipinski definition) is 8. The van der Waals surface area contributed by atoms with Crippen molar-refractivity contribution in [3.63, 3.8) is 0 Å². The summed E-state index contributed by atoms with van der Waals surface area (Å²) >= 11 is 0. The highest BCUT2D eigenvalue weighted by molar-refractivity contribution is 5.95. The van der Waals surface area contributed by atoms with Gasteiger partial charge in [-0.05, 0) is 80.5 Å². The van der Waals surface area contributed by atoms with E-state index in [-0.39, 0.29) is 49.2 Å². The minimum absolute atomic E-state index is 0.0109. The molecule has 254 valence electrons. The minimum Gasteiger partial charge on any atom is -0.508 e. The summed E-state index contributed by atoms with van der Waals surface area (Å²) in [5.41, 5.74) is 12.4. The van der Waals surface area contributed by atoms with Crippen LogP contribution in [0.4, 0.5) is 0 Å². The first-order valence-corrected chi connectivity index (χ1v) is 15.7. The van der Waals surface area contributed by atoms with E-state index >= 15 is 0 Å². The molecule has 0 heterocycles. The predicted octanol–water partition coefficient (Wildman–Crippen LogP) is 1.16. The standard InChI is InChI=1S/C32H54N6O7/c1-18(2)15-25(36-28(40)23(34)17-21-10-12-22(39)13-11-21)29(41)37-26(16-19(3)4)30(42)38-27(20(5)6)31(43)35-24(32(44)45)9-7-8-14-33/h10-13,18-20,23-27,39H,7-9,14-17,33-34H2,1-6H3,(H,35,43)(H,36,40)(H,37,41)(H,38,42)(H,44,45)/t23-,24-,25-,26-,27-/m0/s1. The number of aromatic hydroxyl groups is 1. The van der Waals surface area contributed by atoms with Crippen LogP contribution in [0.25, 0.3) is 0 Å². The molecule has 10 N–H and O–H groups in total. The van der Waals surface area contributed by atoms with Crippen LogP contribution in [-0.2, 0) is 30.4 Å². The van der Waals surface area contributed by atoms with Crippen molar-refractivity contribution >= 4 is 29.6 Å². The minimum atomic E-state index is -1.18. The van der Waals surface area contributed by atoms with E-state index in [1.807, 2.05) is 27.7 Å². The van der Waals surface area contributed by atoms with Gasteiger partial charge in [-0.25, -0.2) is 4.79 Å². The topological polar surface area (TPSA) is 226 Å². The zero-order valence-corrected chi connectivity index (χ0v) is 27.5. The lowest BCUT2D eigenvalue weighted by molar-refractivity contribution is -0.143. The van der Waals surface area contributed by atoms with Crippen molar-refractivity contribution < 1.29 is 34.2 Å². The van der Waals surface area contributed by atoms with Gasteiger partial charge in [-0.3, -0.25) is 19.2 Å². The van der Waals surface area contributed by atoms with Crippen molar-refractivity contribution in [2.75, 3.05) is 6.54 Å². The molecule has 0 unspecified atom stereocenters. The Kier molecular flexibility index (Phi) is 17.1. The molecule has 0 radical (unpaired) electrons. The molecule has 13 nitrogen and oxygen atoms in total. The molecule has 0 aromatic heterocycles. The number of nitrogens with two attached hydrogens (primary N) is 2. The molecule has 4 amide bonds. The Balaban J connectivity index is 3.05. The molecule has 0 saturated carbocycles. The van der Waals surface area contributed by atoms with Crippen LogP contribution < -0.4 is 32.7 Å². The SMILES string of the molecule is CC(C)C[C@H](NC(=O)[C@H](CC(C)C)NC(=O)[C@@H](N)Cc1ccc(O)cc1)C(=O)N[C@H](C(=O)N[C@@H](CCCCN)C(=O)O)C(C)C. The van der Waals surface area contributed by atoms with E-state index in [9.17, 15) is 34.2 Å². The van der Waals surface area contributed by atoms with Crippen LogP contribution in [0.1, 0.15) is 79.2 Å². The van der Waals surface area contributed by atoms with Crippen molar-refractivity contribution in [1.29, 1.82) is 0 Å². The number of aliphatic carboxylic acids is 1. The molecule has 0 aliphatic rings. The van der Waals surface area contributed by atoms with Gasteiger partial charge >= 0.3 is 5.97 Å². The van der Waals surface area contributed by atoms with Gasteiger partial charge in [-0.1, -0.05) is 53.7 Å². The van der Waals surface area contributed by atoms with Crippen LogP contribution in [0, 0.1) is 17.8 Å². The first-order chi connectivity index (χ1) is 21.0. The van der Waals surface area contributed by atoms with E-state index in [4.69, 9.17) is 11.5 Å². The molecule has 0 bridgehead atoms. The highest BCUT2D eigenvalue weighted by Gasteiger charge is 2.33. The Morgan fingerprint density at radius 1 is 0.711 bits per heavy atom. The fourth-order valence-electron chi connectivity index (χ4n) is 4.74. The molecule has 0 aliphatic heterocycles. The molecule has 5 atom stereocenters. The van der Waals surface area contributed by atoms with Crippen LogP contribution in [0.5, 0.6) is 5.75 Å². The van der Waals surface area contributed by atoms with Gasteiger partial charge in [0.05, 0.1) is 6.04 Å². The first-order valence-electron chi connectivity index (χ1n) is 15.7. The number of benzene rings is 1. The van der Waals surface area contributed by atoms with Gasteiger partial charge < -0.3 is 42.9 Å². The quantitative estimate of drug-likeness (QED) is 0.0962. The zero-order chi connectivity index (χ0) is 34.3. The molecule has 0 spiro atoms.